The summed E-state index contributed by atoms with van der Waals surface area (Å²) < 4.78 is 37.1. The van der Waals surface area contributed by atoms with Gasteiger partial charge in [-0.2, -0.15) is 8.42 Å². The summed E-state index contributed by atoms with van der Waals surface area (Å²) in [5.41, 5.74) is 1.24. The zero-order valence-corrected chi connectivity index (χ0v) is 18.3. The molecule has 1 unspecified atom stereocenters. The first-order valence-electron chi connectivity index (χ1n) is 10.5. The van der Waals surface area contributed by atoms with Crippen molar-refractivity contribution in [1.82, 2.24) is 4.90 Å². The number of ketones is 1. The largest absolute Gasteiger partial charge is 0.504 e. The second-order valence-electron chi connectivity index (χ2n) is 9.11. The molecule has 2 aromatic rings. The van der Waals surface area contributed by atoms with Gasteiger partial charge in [0.15, 0.2) is 23.4 Å². The van der Waals surface area contributed by atoms with Crippen LogP contribution in [0.1, 0.15) is 36.0 Å². The van der Waals surface area contributed by atoms with Crippen LogP contribution in [0.25, 0.3) is 0 Å². The van der Waals surface area contributed by atoms with Gasteiger partial charge in [-0.25, -0.2) is 0 Å². The van der Waals surface area contributed by atoms with Crippen molar-refractivity contribution in [3.63, 3.8) is 0 Å². The number of Topliss-reactive ketones (excluding diaryl/α,β-unsaturated/α-hetero) is 1. The lowest BCUT2D eigenvalue weighted by Crippen LogP contribution is -2.76. The highest BCUT2D eigenvalue weighted by Gasteiger charge is 2.73. The van der Waals surface area contributed by atoms with Crippen molar-refractivity contribution in [3.8, 4) is 11.5 Å². The molecule has 32 heavy (non-hydrogen) atoms. The molecule has 0 radical (unpaired) electrons. The van der Waals surface area contributed by atoms with Crippen LogP contribution in [0, 0.1) is 0 Å². The van der Waals surface area contributed by atoms with Crippen molar-refractivity contribution in [2.45, 2.75) is 55.4 Å². The quantitative estimate of drug-likeness (QED) is 0.565. The lowest BCUT2D eigenvalue weighted by molar-refractivity contribution is -0.189. The molecule has 6 rings (SSSR count). The summed E-state index contributed by atoms with van der Waals surface area (Å²) in [6, 6.07) is 5.43. The van der Waals surface area contributed by atoms with Crippen molar-refractivity contribution in [2.75, 3.05) is 12.8 Å². The van der Waals surface area contributed by atoms with Gasteiger partial charge in [-0.05, 0) is 37.0 Å². The molecule has 10 heteroatoms. The monoisotopic (exact) mass is 463 g/mol. The van der Waals surface area contributed by atoms with E-state index in [2.05, 4.69) is 4.90 Å². The molecule has 172 valence electrons. The van der Waals surface area contributed by atoms with Crippen LogP contribution in [0.5, 0.6) is 11.5 Å². The first kappa shape index (κ1) is 21.4. The van der Waals surface area contributed by atoms with Crippen molar-refractivity contribution in [2.24, 2.45) is 0 Å². The van der Waals surface area contributed by atoms with E-state index < -0.39 is 27.2 Å². The lowest BCUT2D eigenvalue weighted by Gasteiger charge is -2.62. The number of hydrogen-bond donors (Lipinski definition) is 3. The minimum Gasteiger partial charge on any atom is -0.504 e. The number of nitrogens with zero attached hydrogens (tertiary/aromatic N) is 1. The highest BCUT2D eigenvalue weighted by atomic mass is 32.2. The number of likely N-dealkylation sites (tertiary alicyclic amines) is 1. The Balaban J connectivity index is 0.000000393. The number of carbonyl (C=O) groups is 1. The molecular formula is C22H25NO8S. The van der Waals surface area contributed by atoms with E-state index in [1.54, 1.807) is 18.6 Å². The molecule has 3 heterocycles. The molecule has 2 fully saturated rings. The van der Waals surface area contributed by atoms with Gasteiger partial charge in [0.1, 0.15) is 0 Å². The van der Waals surface area contributed by atoms with Gasteiger partial charge in [-0.15, -0.1) is 0 Å². The number of aromatic hydroxyl groups is 1. The fourth-order valence-corrected chi connectivity index (χ4v) is 6.22. The zero-order valence-electron chi connectivity index (χ0n) is 17.5. The van der Waals surface area contributed by atoms with Gasteiger partial charge >= 0.3 is 0 Å². The zero-order chi connectivity index (χ0) is 22.9. The number of ether oxygens (including phenoxy) is 1. The number of phenols is 1. The van der Waals surface area contributed by atoms with Crippen LogP contribution in [0.15, 0.2) is 35.1 Å². The Morgan fingerprint density at radius 2 is 2.00 bits per heavy atom. The van der Waals surface area contributed by atoms with E-state index in [0.29, 0.717) is 44.2 Å². The first-order valence-corrected chi connectivity index (χ1v) is 12.3. The first-order chi connectivity index (χ1) is 15.0. The number of carbonyl (C=O) groups excluding carboxylic acids is 1. The summed E-state index contributed by atoms with van der Waals surface area (Å²) in [6.07, 6.45) is 5.49. The number of phenolic OH excluding ortho intramolecular Hbond substituents is 1. The van der Waals surface area contributed by atoms with Gasteiger partial charge in [-0.1, -0.05) is 6.07 Å². The molecule has 1 saturated heterocycles. The van der Waals surface area contributed by atoms with Gasteiger partial charge in [0.2, 0.25) is 0 Å². The van der Waals surface area contributed by atoms with Crippen LogP contribution in [0.3, 0.4) is 0 Å². The molecule has 2 aliphatic carbocycles. The summed E-state index contributed by atoms with van der Waals surface area (Å²) >= 11 is 0. The average Bonchev–Trinajstić information content (AvgIpc) is 3.32. The van der Waals surface area contributed by atoms with Crippen molar-refractivity contribution in [3.05, 3.63) is 47.4 Å². The molecule has 0 amide bonds. The Hall–Kier alpha value is -2.40. The van der Waals surface area contributed by atoms with E-state index in [9.17, 15) is 23.4 Å². The van der Waals surface area contributed by atoms with Gasteiger partial charge in [-0.3, -0.25) is 14.2 Å². The third kappa shape index (κ3) is 3.01. The second-order valence-corrected chi connectivity index (χ2v) is 10.6. The number of benzene rings is 1. The standard InChI is InChI=1S/C21H21NO5.CH4O3S/c23-14-2-1-13-9-16-21(25)5-3-15(24)19-20(21,17(13)18(14)27-19)6-7-22(16)10-12-4-8-26-11-12;1-5(2,3)4/h1-2,4,8,11,16,19,23,25H,3,5-7,9-10H2;1H3,(H,2,3,4)/t16-,19?,20+,21-;/m1./s1. The van der Waals surface area contributed by atoms with E-state index in [1.165, 1.54) is 0 Å². The summed E-state index contributed by atoms with van der Waals surface area (Å²) in [7, 11) is -3.67. The molecule has 4 aliphatic rings. The van der Waals surface area contributed by atoms with Crippen molar-refractivity contribution >= 4 is 15.9 Å². The van der Waals surface area contributed by atoms with Crippen LogP contribution in [0.4, 0.5) is 0 Å². The van der Waals surface area contributed by atoms with E-state index in [-0.39, 0.29) is 17.6 Å². The van der Waals surface area contributed by atoms with Gasteiger partial charge < -0.3 is 19.4 Å². The number of aliphatic hydroxyl groups is 1. The summed E-state index contributed by atoms with van der Waals surface area (Å²) in [6.45, 7) is 1.47. The number of rotatable bonds is 2. The number of piperidine rings is 1. The van der Waals surface area contributed by atoms with Gasteiger partial charge in [0.25, 0.3) is 10.1 Å². The molecule has 3 N–H and O–H groups in total. The van der Waals surface area contributed by atoms with E-state index in [0.717, 1.165) is 23.2 Å². The van der Waals surface area contributed by atoms with Crippen LogP contribution < -0.4 is 4.74 Å². The number of furan rings is 1. The molecule has 1 aromatic carbocycles. The maximum atomic E-state index is 12.8. The Labute approximate surface area is 185 Å². The van der Waals surface area contributed by atoms with E-state index in [1.807, 2.05) is 12.1 Å². The highest BCUT2D eigenvalue weighted by Crippen LogP contribution is 2.64. The molecule has 2 bridgehead atoms. The smallest absolute Gasteiger partial charge is 0.261 e. The molecule has 1 saturated carbocycles. The normalized spacial score (nSPS) is 32.5. The Bertz CT molecular complexity index is 1170. The van der Waals surface area contributed by atoms with Crippen LogP contribution >= 0.6 is 0 Å². The third-order valence-electron chi connectivity index (χ3n) is 7.33. The molecule has 1 aromatic heterocycles. The molecule has 9 nitrogen and oxygen atoms in total. The van der Waals surface area contributed by atoms with E-state index in [4.69, 9.17) is 13.7 Å². The maximum Gasteiger partial charge on any atom is 0.261 e. The number of hydrogen-bond acceptors (Lipinski definition) is 8. The maximum absolute atomic E-state index is 12.8. The Morgan fingerprint density at radius 1 is 1.25 bits per heavy atom. The molecule has 4 atom stereocenters. The predicted molar refractivity (Wildman–Crippen MR) is 112 cm³/mol. The van der Waals surface area contributed by atoms with Crippen LogP contribution in [-0.2, 0) is 33.3 Å². The minimum atomic E-state index is -3.67. The van der Waals surface area contributed by atoms with Gasteiger partial charge in [0, 0.05) is 36.7 Å². The topological polar surface area (TPSA) is 138 Å². The SMILES string of the molecule is CS(=O)(=O)O.O=C1CC[C@@]2(O)[C@H]3Cc4ccc(O)c5c4[C@@]2(CCN3Cc2ccoc2)C1O5. The fourth-order valence-electron chi connectivity index (χ4n) is 6.22. The lowest BCUT2D eigenvalue weighted by atomic mass is 9.49. The predicted octanol–water partition coefficient (Wildman–Crippen LogP) is 1.41. The molecular weight excluding hydrogens is 438 g/mol. The average molecular weight is 464 g/mol. The second kappa shape index (κ2) is 7.05. The molecule has 1 spiro atoms. The minimum absolute atomic E-state index is 0.0326. The van der Waals surface area contributed by atoms with Gasteiger partial charge in [0.05, 0.1) is 29.8 Å². The molecule has 2 aliphatic heterocycles. The highest BCUT2D eigenvalue weighted by molar-refractivity contribution is 7.85. The Kier molecular flexibility index (Phi) is 4.72. The summed E-state index contributed by atoms with van der Waals surface area (Å²) in [5.74, 6) is 0.505. The third-order valence-corrected chi connectivity index (χ3v) is 7.33. The fraction of sp³-hybridized carbons (Fsp3) is 0.500. The van der Waals surface area contributed by atoms with Crippen LogP contribution in [0.2, 0.25) is 0 Å². The van der Waals surface area contributed by atoms with Crippen molar-refractivity contribution in [1.29, 1.82) is 0 Å². The summed E-state index contributed by atoms with van der Waals surface area (Å²) in [5, 5.41) is 22.4. The Morgan fingerprint density at radius 3 is 2.69 bits per heavy atom. The van der Waals surface area contributed by atoms with Crippen molar-refractivity contribution < 1.29 is 37.1 Å². The van der Waals surface area contributed by atoms with E-state index >= 15 is 0 Å². The summed E-state index contributed by atoms with van der Waals surface area (Å²) in [4.78, 5) is 15.1. The van der Waals surface area contributed by atoms with Crippen LogP contribution in [-0.4, -0.2) is 64.4 Å².